The normalized spacial score (nSPS) is 37.5. The van der Waals surface area contributed by atoms with E-state index in [-0.39, 0.29) is 0 Å². The van der Waals surface area contributed by atoms with Crippen LogP contribution in [0.3, 0.4) is 0 Å². The van der Waals surface area contributed by atoms with Crippen molar-refractivity contribution in [2.75, 3.05) is 7.05 Å². The highest BCUT2D eigenvalue weighted by Crippen LogP contribution is 2.34. The van der Waals surface area contributed by atoms with Gasteiger partial charge in [0.05, 0.1) is 5.71 Å². The van der Waals surface area contributed by atoms with E-state index in [1.165, 1.54) is 25.7 Å². The molecule has 2 aliphatic rings. The molecular formula is C11H16N2O. The minimum atomic E-state index is 0.490. The fraction of sp³-hybridized carbons (Fsp3) is 0.636. The fourth-order valence-electron chi connectivity index (χ4n) is 2.58. The molecule has 0 unspecified atom stereocenters. The first-order chi connectivity index (χ1) is 6.86. The van der Waals surface area contributed by atoms with Gasteiger partial charge in [-0.25, -0.2) is 0 Å². The van der Waals surface area contributed by atoms with Crippen molar-refractivity contribution in [1.82, 2.24) is 0 Å². The van der Waals surface area contributed by atoms with Gasteiger partial charge in [-0.3, -0.25) is 4.99 Å². The second-order valence-corrected chi connectivity index (χ2v) is 4.01. The van der Waals surface area contributed by atoms with Gasteiger partial charge in [0.1, 0.15) is 5.71 Å². The van der Waals surface area contributed by atoms with E-state index in [1.807, 2.05) is 6.08 Å². The van der Waals surface area contributed by atoms with Gasteiger partial charge >= 0.3 is 0 Å². The predicted molar refractivity (Wildman–Crippen MR) is 57.2 cm³/mol. The minimum Gasteiger partial charge on any atom is -0.410 e. The van der Waals surface area contributed by atoms with E-state index in [2.05, 4.69) is 16.2 Å². The summed E-state index contributed by atoms with van der Waals surface area (Å²) in [6.45, 7) is 0. The molecule has 14 heavy (non-hydrogen) atoms. The largest absolute Gasteiger partial charge is 0.410 e. The molecule has 0 aliphatic heterocycles. The van der Waals surface area contributed by atoms with Crippen molar-refractivity contribution in [2.24, 2.45) is 22.0 Å². The molecule has 0 bridgehead atoms. The summed E-state index contributed by atoms with van der Waals surface area (Å²) in [5.74, 6) is 1.11. The van der Waals surface area contributed by atoms with Gasteiger partial charge in [-0.15, -0.1) is 0 Å². The van der Waals surface area contributed by atoms with Gasteiger partial charge in [0.15, 0.2) is 0 Å². The molecule has 2 atom stereocenters. The van der Waals surface area contributed by atoms with Crippen molar-refractivity contribution in [3.8, 4) is 0 Å². The maximum absolute atomic E-state index is 8.84. The van der Waals surface area contributed by atoms with Crippen LogP contribution in [0.15, 0.2) is 22.3 Å². The Morgan fingerprint density at radius 3 is 2.86 bits per heavy atom. The Bertz CT molecular complexity index is 304. The molecule has 0 saturated heterocycles. The Morgan fingerprint density at radius 1 is 1.36 bits per heavy atom. The van der Waals surface area contributed by atoms with Gasteiger partial charge in [0.25, 0.3) is 0 Å². The Kier molecular flexibility index (Phi) is 2.66. The fourth-order valence-corrected chi connectivity index (χ4v) is 2.58. The smallest absolute Gasteiger partial charge is 0.123 e. The predicted octanol–water partition coefficient (Wildman–Crippen LogP) is 2.26. The molecule has 3 nitrogen and oxygen atoms in total. The summed E-state index contributed by atoms with van der Waals surface area (Å²) < 4.78 is 0. The lowest BCUT2D eigenvalue weighted by Gasteiger charge is -2.33. The number of hydrogen-bond donors (Lipinski definition) is 1. The van der Waals surface area contributed by atoms with Crippen LogP contribution in [0.1, 0.15) is 25.7 Å². The molecule has 0 aromatic rings. The molecule has 0 aromatic carbocycles. The van der Waals surface area contributed by atoms with E-state index in [1.54, 1.807) is 7.05 Å². The number of aliphatic imine (C=N–C) groups is 1. The zero-order chi connectivity index (χ0) is 9.97. The lowest BCUT2D eigenvalue weighted by atomic mass is 9.72. The summed E-state index contributed by atoms with van der Waals surface area (Å²) in [5, 5.41) is 12.1. The van der Waals surface area contributed by atoms with E-state index in [4.69, 9.17) is 5.21 Å². The zero-order valence-corrected chi connectivity index (χ0v) is 8.48. The maximum Gasteiger partial charge on any atom is 0.123 e. The number of fused-ring (bicyclic) bond motifs is 1. The molecule has 0 amide bonds. The Hall–Kier alpha value is -1.12. The van der Waals surface area contributed by atoms with Crippen LogP contribution >= 0.6 is 0 Å². The van der Waals surface area contributed by atoms with Crippen LogP contribution in [0.5, 0.6) is 0 Å². The van der Waals surface area contributed by atoms with Gasteiger partial charge < -0.3 is 5.21 Å². The van der Waals surface area contributed by atoms with Crippen molar-refractivity contribution in [2.45, 2.75) is 25.7 Å². The molecule has 0 spiro atoms. The third-order valence-corrected chi connectivity index (χ3v) is 3.28. The average molecular weight is 192 g/mol. The lowest BCUT2D eigenvalue weighted by molar-refractivity contribution is 0.317. The molecule has 0 aromatic heterocycles. The molecule has 2 aliphatic carbocycles. The first kappa shape index (κ1) is 9.44. The van der Waals surface area contributed by atoms with Crippen LogP contribution in [-0.4, -0.2) is 23.7 Å². The summed E-state index contributed by atoms with van der Waals surface area (Å²) in [4.78, 5) is 4.26. The van der Waals surface area contributed by atoms with E-state index >= 15 is 0 Å². The summed E-state index contributed by atoms with van der Waals surface area (Å²) in [6.07, 6.45) is 9.09. The van der Waals surface area contributed by atoms with Crippen LogP contribution in [0.25, 0.3) is 0 Å². The molecule has 3 heteroatoms. The molecule has 1 N–H and O–H groups in total. The van der Waals surface area contributed by atoms with Crippen LogP contribution in [0.2, 0.25) is 0 Å². The topological polar surface area (TPSA) is 45.0 Å². The lowest BCUT2D eigenvalue weighted by Crippen LogP contribution is -2.34. The van der Waals surface area contributed by atoms with Crippen molar-refractivity contribution < 1.29 is 5.21 Å². The van der Waals surface area contributed by atoms with Gasteiger partial charge in [-0.1, -0.05) is 24.1 Å². The van der Waals surface area contributed by atoms with Crippen LogP contribution < -0.4 is 0 Å². The summed E-state index contributed by atoms with van der Waals surface area (Å²) in [5.41, 5.74) is 1.63. The zero-order valence-electron chi connectivity index (χ0n) is 8.48. The van der Waals surface area contributed by atoms with Crippen LogP contribution in [0, 0.1) is 11.8 Å². The first-order valence-electron chi connectivity index (χ1n) is 5.24. The van der Waals surface area contributed by atoms with Crippen molar-refractivity contribution in [1.29, 1.82) is 0 Å². The molecule has 76 valence electrons. The SMILES string of the molecule is CN=C1/C(=N\O)C=C[C@@H]2CCCC[C@H]12. The third-order valence-electron chi connectivity index (χ3n) is 3.28. The standard InChI is InChI=1S/C11H16N2O/c1-12-11-9-5-3-2-4-8(9)6-7-10(11)13-14/h6-9,14H,2-5H2,1H3/b12-11?,13-10-/t8-,9-/m0/s1. The number of oxime groups is 1. The van der Waals surface area contributed by atoms with Crippen LogP contribution in [0.4, 0.5) is 0 Å². The van der Waals surface area contributed by atoms with E-state index in [0.29, 0.717) is 17.5 Å². The number of nitrogens with zero attached hydrogens (tertiary/aromatic N) is 2. The van der Waals surface area contributed by atoms with Gasteiger partial charge in [-0.2, -0.15) is 0 Å². The highest BCUT2D eigenvalue weighted by Gasteiger charge is 2.32. The van der Waals surface area contributed by atoms with Crippen LogP contribution in [-0.2, 0) is 0 Å². The minimum absolute atomic E-state index is 0.490. The number of rotatable bonds is 0. The molecule has 2 rings (SSSR count). The van der Waals surface area contributed by atoms with Crippen molar-refractivity contribution in [3.05, 3.63) is 12.2 Å². The molecule has 0 radical (unpaired) electrons. The highest BCUT2D eigenvalue weighted by atomic mass is 16.4. The van der Waals surface area contributed by atoms with E-state index < -0.39 is 0 Å². The molecule has 0 heterocycles. The Labute approximate surface area is 84.2 Å². The Morgan fingerprint density at radius 2 is 2.14 bits per heavy atom. The quantitative estimate of drug-likeness (QED) is 0.464. The summed E-state index contributed by atoms with van der Waals surface area (Å²) >= 11 is 0. The van der Waals surface area contributed by atoms with Gasteiger partial charge in [0, 0.05) is 13.0 Å². The van der Waals surface area contributed by atoms with E-state index in [0.717, 1.165) is 5.71 Å². The summed E-state index contributed by atoms with van der Waals surface area (Å²) in [7, 11) is 1.78. The van der Waals surface area contributed by atoms with Gasteiger partial charge in [0.2, 0.25) is 0 Å². The third kappa shape index (κ3) is 1.47. The second kappa shape index (κ2) is 3.95. The first-order valence-corrected chi connectivity index (χ1v) is 5.24. The number of hydrogen-bond acceptors (Lipinski definition) is 3. The monoisotopic (exact) mass is 192 g/mol. The Balaban J connectivity index is 2.32. The second-order valence-electron chi connectivity index (χ2n) is 4.01. The molecular weight excluding hydrogens is 176 g/mol. The summed E-state index contributed by atoms with van der Waals surface area (Å²) in [6, 6.07) is 0. The molecule has 1 fully saturated rings. The highest BCUT2D eigenvalue weighted by molar-refractivity contribution is 6.47. The number of allylic oxidation sites excluding steroid dienone is 2. The van der Waals surface area contributed by atoms with E-state index in [9.17, 15) is 0 Å². The van der Waals surface area contributed by atoms with Crippen molar-refractivity contribution in [3.63, 3.8) is 0 Å². The maximum atomic E-state index is 8.84. The average Bonchev–Trinajstić information content (AvgIpc) is 2.27. The van der Waals surface area contributed by atoms with Gasteiger partial charge in [-0.05, 0) is 24.8 Å². The molecule has 1 saturated carbocycles. The van der Waals surface area contributed by atoms with Crippen molar-refractivity contribution >= 4 is 11.4 Å².